The summed E-state index contributed by atoms with van der Waals surface area (Å²) in [7, 11) is 1.80. The summed E-state index contributed by atoms with van der Waals surface area (Å²) in [5, 5.41) is 9.76. The lowest BCUT2D eigenvalue weighted by Gasteiger charge is -2.21. The van der Waals surface area contributed by atoms with Gasteiger partial charge in [-0.3, -0.25) is 4.79 Å². The number of carbonyl (C=O) groups is 2. The van der Waals surface area contributed by atoms with Gasteiger partial charge in [0.05, 0.1) is 18.1 Å². The summed E-state index contributed by atoms with van der Waals surface area (Å²) in [4.78, 5) is 25.9. The van der Waals surface area contributed by atoms with Gasteiger partial charge in [-0.05, 0) is 26.3 Å². The van der Waals surface area contributed by atoms with E-state index in [0.29, 0.717) is 18.7 Å². The summed E-state index contributed by atoms with van der Waals surface area (Å²) in [6.45, 7) is 7.91. The summed E-state index contributed by atoms with van der Waals surface area (Å²) >= 11 is 1.49. The molecule has 0 amide bonds. The molecule has 1 rings (SSSR count). The van der Waals surface area contributed by atoms with E-state index in [1.807, 2.05) is 18.7 Å². The van der Waals surface area contributed by atoms with Gasteiger partial charge in [0.2, 0.25) is 0 Å². The van der Waals surface area contributed by atoms with Gasteiger partial charge in [0.15, 0.2) is 0 Å². The van der Waals surface area contributed by atoms with E-state index in [1.54, 1.807) is 20.9 Å². The first kappa shape index (κ1) is 16.5. The minimum absolute atomic E-state index is 0.321. The van der Waals surface area contributed by atoms with E-state index in [1.165, 1.54) is 11.3 Å². The molecule has 0 bridgehead atoms. The Morgan fingerprint density at radius 1 is 1.40 bits per heavy atom. The summed E-state index contributed by atoms with van der Waals surface area (Å²) in [6.07, 6.45) is 0. The second kappa shape index (κ2) is 6.74. The fraction of sp³-hybridized carbons (Fsp3) is 0.571. The number of aryl methyl sites for hydroxylation is 1. The molecule has 0 saturated heterocycles. The normalized spacial score (nSPS) is 12.1. The summed E-state index contributed by atoms with van der Waals surface area (Å²) in [6, 6.07) is 0. The van der Waals surface area contributed by atoms with Gasteiger partial charge < -0.3 is 14.7 Å². The molecule has 0 aliphatic heterocycles. The SMILES string of the molecule is CCOC(=O)c1c(N(C)CC(C)C(=O)O)sc(C)c1C. The number of anilines is 1. The Morgan fingerprint density at radius 2 is 2.00 bits per heavy atom. The predicted octanol–water partition coefficient (Wildman–Crippen LogP) is 2.70. The molecule has 0 saturated carbocycles. The van der Waals surface area contributed by atoms with Crippen LogP contribution in [0.5, 0.6) is 0 Å². The minimum atomic E-state index is -0.848. The van der Waals surface area contributed by atoms with E-state index < -0.39 is 11.9 Å². The number of ether oxygens (including phenoxy) is 1. The van der Waals surface area contributed by atoms with Crippen LogP contribution in [0.3, 0.4) is 0 Å². The standard InChI is InChI=1S/C14H21NO4S/c1-6-19-14(18)11-9(3)10(4)20-12(11)15(5)7-8(2)13(16)17/h8H,6-7H2,1-5H3,(H,16,17). The lowest BCUT2D eigenvalue weighted by molar-refractivity contribution is -0.140. The van der Waals surface area contributed by atoms with Gasteiger partial charge >= 0.3 is 11.9 Å². The highest BCUT2D eigenvalue weighted by molar-refractivity contribution is 7.16. The van der Waals surface area contributed by atoms with Gasteiger partial charge in [0.25, 0.3) is 0 Å². The third kappa shape index (κ3) is 3.50. The van der Waals surface area contributed by atoms with Gasteiger partial charge in [-0.15, -0.1) is 11.3 Å². The highest BCUT2D eigenvalue weighted by Crippen LogP contribution is 2.35. The number of hydrogen-bond acceptors (Lipinski definition) is 5. The zero-order valence-corrected chi connectivity index (χ0v) is 13.3. The van der Waals surface area contributed by atoms with Crippen LogP contribution in [0.2, 0.25) is 0 Å². The minimum Gasteiger partial charge on any atom is -0.481 e. The van der Waals surface area contributed by atoms with Crippen molar-refractivity contribution in [2.75, 3.05) is 25.1 Å². The molecular weight excluding hydrogens is 278 g/mol. The fourth-order valence-corrected chi connectivity index (χ4v) is 3.01. The Bertz CT molecular complexity index is 510. The zero-order chi connectivity index (χ0) is 15.4. The fourth-order valence-electron chi connectivity index (χ4n) is 1.89. The molecule has 0 spiro atoms. The number of carboxylic acids is 1. The van der Waals surface area contributed by atoms with Crippen LogP contribution >= 0.6 is 11.3 Å². The molecule has 20 heavy (non-hydrogen) atoms. The van der Waals surface area contributed by atoms with E-state index in [9.17, 15) is 9.59 Å². The average Bonchev–Trinajstić information content (AvgIpc) is 2.66. The van der Waals surface area contributed by atoms with Gasteiger partial charge in [-0.1, -0.05) is 6.92 Å². The Hall–Kier alpha value is -1.56. The molecule has 1 aromatic heterocycles. The molecule has 5 nitrogen and oxygen atoms in total. The molecule has 1 atom stereocenters. The predicted molar refractivity (Wildman–Crippen MR) is 79.8 cm³/mol. The average molecular weight is 299 g/mol. The molecule has 6 heteroatoms. The maximum absolute atomic E-state index is 12.1. The number of carboxylic acid groups (broad SMARTS) is 1. The first-order valence-electron chi connectivity index (χ1n) is 6.50. The largest absolute Gasteiger partial charge is 0.481 e. The van der Waals surface area contributed by atoms with Crippen molar-refractivity contribution < 1.29 is 19.4 Å². The number of esters is 1. The topological polar surface area (TPSA) is 66.8 Å². The lowest BCUT2D eigenvalue weighted by Crippen LogP contribution is -2.29. The molecule has 1 unspecified atom stereocenters. The van der Waals surface area contributed by atoms with Gasteiger partial charge in [0, 0.05) is 18.5 Å². The molecule has 1 heterocycles. The van der Waals surface area contributed by atoms with Crippen LogP contribution in [0, 0.1) is 19.8 Å². The number of thiophene rings is 1. The number of nitrogens with zero attached hydrogens (tertiary/aromatic N) is 1. The second-order valence-electron chi connectivity index (χ2n) is 4.80. The quantitative estimate of drug-likeness (QED) is 0.818. The van der Waals surface area contributed by atoms with Crippen LogP contribution < -0.4 is 4.90 Å². The highest BCUT2D eigenvalue weighted by atomic mass is 32.1. The number of aliphatic carboxylic acids is 1. The van der Waals surface area contributed by atoms with Crippen molar-refractivity contribution in [2.45, 2.75) is 27.7 Å². The van der Waals surface area contributed by atoms with E-state index in [0.717, 1.165) is 15.4 Å². The maximum atomic E-state index is 12.1. The Labute approximate surface area is 123 Å². The number of hydrogen-bond donors (Lipinski definition) is 1. The van der Waals surface area contributed by atoms with E-state index in [4.69, 9.17) is 9.84 Å². The van der Waals surface area contributed by atoms with Crippen LogP contribution in [0.25, 0.3) is 0 Å². The molecule has 0 aliphatic rings. The van der Waals surface area contributed by atoms with Crippen molar-refractivity contribution in [3.8, 4) is 0 Å². The zero-order valence-electron chi connectivity index (χ0n) is 12.5. The Kier molecular flexibility index (Phi) is 5.56. The number of carbonyl (C=O) groups excluding carboxylic acids is 1. The molecule has 0 radical (unpaired) electrons. The molecule has 0 aliphatic carbocycles. The summed E-state index contributed by atoms with van der Waals surface area (Å²) in [5.41, 5.74) is 1.45. The second-order valence-corrected chi connectivity index (χ2v) is 6.01. The summed E-state index contributed by atoms with van der Waals surface area (Å²) < 4.78 is 5.09. The molecule has 112 valence electrons. The third-order valence-corrected chi connectivity index (χ3v) is 4.48. The maximum Gasteiger partial charge on any atom is 0.341 e. The van der Waals surface area contributed by atoms with Crippen LogP contribution in [-0.4, -0.2) is 37.2 Å². The Morgan fingerprint density at radius 3 is 2.50 bits per heavy atom. The van der Waals surface area contributed by atoms with Crippen molar-refractivity contribution in [3.63, 3.8) is 0 Å². The number of rotatable bonds is 6. The third-order valence-electron chi connectivity index (χ3n) is 3.16. The first-order valence-corrected chi connectivity index (χ1v) is 7.32. The monoisotopic (exact) mass is 299 g/mol. The van der Waals surface area contributed by atoms with E-state index >= 15 is 0 Å². The molecule has 0 fully saturated rings. The van der Waals surface area contributed by atoms with E-state index in [2.05, 4.69) is 0 Å². The lowest BCUT2D eigenvalue weighted by atomic mass is 10.1. The first-order chi connectivity index (χ1) is 9.29. The smallest absolute Gasteiger partial charge is 0.341 e. The van der Waals surface area contributed by atoms with Crippen LogP contribution in [0.1, 0.15) is 34.6 Å². The molecular formula is C14H21NO4S. The van der Waals surface area contributed by atoms with Crippen molar-refractivity contribution in [2.24, 2.45) is 5.92 Å². The molecule has 1 aromatic rings. The van der Waals surface area contributed by atoms with Crippen molar-refractivity contribution in [1.82, 2.24) is 0 Å². The van der Waals surface area contributed by atoms with Crippen LogP contribution in [0.15, 0.2) is 0 Å². The van der Waals surface area contributed by atoms with Crippen LogP contribution in [0.4, 0.5) is 5.00 Å². The molecule has 0 aromatic carbocycles. The van der Waals surface area contributed by atoms with Crippen molar-refractivity contribution in [1.29, 1.82) is 0 Å². The van der Waals surface area contributed by atoms with Gasteiger partial charge in [-0.2, -0.15) is 0 Å². The van der Waals surface area contributed by atoms with Crippen molar-refractivity contribution in [3.05, 3.63) is 16.0 Å². The van der Waals surface area contributed by atoms with Crippen molar-refractivity contribution >= 4 is 28.3 Å². The van der Waals surface area contributed by atoms with Gasteiger partial charge in [0.1, 0.15) is 5.00 Å². The Balaban J connectivity index is 3.08. The van der Waals surface area contributed by atoms with Gasteiger partial charge in [-0.25, -0.2) is 4.79 Å². The summed E-state index contributed by atoms with van der Waals surface area (Å²) in [5.74, 6) is -1.70. The highest BCUT2D eigenvalue weighted by Gasteiger charge is 2.24. The van der Waals surface area contributed by atoms with Crippen LogP contribution in [-0.2, 0) is 9.53 Å². The van der Waals surface area contributed by atoms with E-state index in [-0.39, 0.29) is 5.97 Å². The molecule has 1 N–H and O–H groups in total.